The van der Waals surface area contributed by atoms with Crippen LogP contribution in [-0.4, -0.2) is 75.2 Å². The Morgan fingerprint density at radius 3 is 2.52 bits per heavy atom. The van der Waals surface area contributed by atoms with E-state index in [1.165, 1.54) is 45.6 Å². The summed E-state index contributed by atoms with van der Waals surface area (Å²) in [4.78, 5) is 29.0. The molecular weight excluding hydrogens is 394 g/mol. The van der Waals surface area contributed by atoms with Crippen molar-refractivity contribution in [1.82, 2.24) is 29.3 Å². The highest BCUT2D eigenvalue weighted by Gasteiger charge is 2.26. The first-order valence-electron chi connectivity index (χ1n) is 12.0. The molecule has 2 aromatic heterocycles. The normalized spacial score (nSPS) is 18.1. The van der Waals surface area contributed by atoms with Crippen molar-refractivity contribution in [1.29, 1.82) is 0 Å². The maximum atomic E-state index is 12.4. The van der Waals surface area contributed by atoms with Crippen LogP contribution in [0.4, 0.5) is 5.82 Å². The van der Waals surface area contributed by atoms with Crippen LogP contribution in [0.25, 0.3) is 11.2 Å². The summed E-state index contributed by atoms with van der Waals surface area (Å²) in [6.45, 7) is 10.5. The summed E-state index contributed by atoms with van der Waals surface area (Å²) in [6, 6.07) is 0.243. The predicted molar refractivity (Wildman–Crippen MR) is 122 cm³/mol. The molecule has 2 fully saturated rings. The van der Waals surface area contributed by atoms with Gasteiger partial charge < -0.3 is 25.3 Å². The molecule has 4 rings (SSSR count). The summed E-state index contributed by atoms with van der Waals surface area (Å²) in [6.07, 6.45) is 8.01. The summed E-state index contributed by atoms with van der Waals surface area (Å²) >= 11 is 0. The third-order valence-electron chi connectivity index (χ3n) is 6.39. The molecule has 3 heterocycles. The van der Waals surface area contributed by atoms with Crippen LogP contribution in [-0.2, 0) is 6.54 Å². The molecule has 0 spiro atoms. The second kappa shape index (κ2) is 10.5. The van der Waals surface area contributed by atoms with Gasteiger partial charge in [0.15, 0.2) is 11.5 Å². The van der Waals surface area contributed by atoms with Crippen molar-refractivity contribution >= 4 is 17.0 Å². The quantitative estimate of drug-likeness (QED) is 0.496. The number of anilines is 1. The third kappa shape index (κ3) is 5.98. The van der Waals surface area contributed by atoms with E-state index in [9.17, 15) is 4.79 Å². The number of nitrogens with zero attached hydrogens (tertiary/aromatic N) is 5. The van der Waals surface area contributed by atoms with E-state index in [2.05, 4.69) is 31.7 Å². The van der Waals surface area contributed by atoms with Crippen LogP contribution in [0.1, 0.15) is 51.9 Å². The molecule has 172 valence electrons. The van der Waals surface area contributed by atoms with Crippen molar-refractivity contribution in [3.05, 3.63) is 10.5 Å². The van der Waals surface area contributed by atoms with Gasteiger partial charge in [0.1, 0.15) is 5.52 Å². The number of piperazine rings is 1. The number of nitrogen functional groups attached to an aromatic ring is 1. The topological polar surface area (TPSA) is 105 Å². The first-order valence-corrected chi connectivity index (χ1v) is 12.0. The Kier molecular flexibility index (Phi) is 7.45. The van der Waals surface area contributed by atoms with Crippen LogP contribution in [0, 0.1) is 5.92 Å². The number of nitrogens with one attached hydrogen (secondary N) is 1. The van der Waals surface area contributed by atoms with Crippen molar-refractivity contribution < 1.29 is 4.74 Å². The Labute approximate surface area is 184 Å². The number of imidazole rings is 1. The zero-order valence-electron chi connectivity index (χ0n) is 18.8. The van der Waals surface area contributed by atoms with Crippen LogP contribution in [0.5, 0.6) is 6.01 Å². The summed E-state index contributed by atoms with van der Waals surface area (Å²) in [7, 11) is 0. The lowest BCUT2D eigenvalue weighted by atomic mass is 10.2. The standard InChI is InChI=1S/C22H37N7O2/c1-2-3-15-31-21-25-19(23)18-20(26-21)29(22(30)24-18)10-6-4-5-9-27-11-13-28(14-12-27)16-17-7-8-17/h17H,2-16H2,1H3,(H,24,30)(H2,23,25,26). The lowest BCUT2D eigenvalue weighted by Gasteiger charge is -2.34. The maximum Gasteiger partial charge on any atom is 0.327 e. The number of rotatable bonds is 12. The van der Waals surface area contributed by atoms with Gasteiger partial charge in [-0.05, 0) is 44.6 Å². The fourth-order valence-corrected chi connectivity index (χ4v) is 4.25. The van der Waals surface area contributed by atoms with Gasteiger partial charge in [0, 0.05) is 39.3 Å². The Balaban J connectivity index is 1.23. The number of unbranched alkanes of at least 4 members (excludes halogenated alkanes) is 3. The smallest absolute Gasteiger partial charge is 0.327 e. The molecule has 1 aliphatic heterocycles. The molecule has 0 unspecified atom stereocenters. The first-order chi connectivity index (χ1) is 15.1. The zero-order valence-corrected chi connectivity index (χ0v) is 18.8. The van der Waals surface area contributed by atoms with E-state index >= 15 is 0 Å². The van der Waals surface area contributed by atoms with Crippen LogP contribution >= 0.6 is 0 Å². The highest BCUT2D eigenvalue weighted by atomic mass is 16.5. The van der Waals surface area contributed by atoms with E-state index in [1.54, 1.807) is 4.57 Å². The van der Waals surface area contributed by atoms with E-state index in [0.717, 1.165) is 44.6 Å². The van der Waals surface area contributed by atoms with E-state index in [1.807, 2.05) is 0 Å². The SMILES string of the molecule is CCCCOc1nc(N)c2[nH]c(=O)n(CCCCCN3CCN(CC4CC4)CC3)c2n1. The molecule has 2 aliphatic rings. The van der Waals surface area contributed by atoms with Crippen LogP contribution in [0.15, 0.2) is 4.79 Å². The molecule has 0 amide bonds. The van der Waals surface area contributed by atoms with Gasteiger partial charge in [-0.1, -0.05) is 19.8 Å². The number of aromatic amines is 1. The summed E-state index contributed by atoms with van der Waals surface area (Å²) in [5.41, 5.74) is 6.87. The lowest BCUT2D eigenvalue weighted by molar-refractivity contribution is 0.127. The summed E-state index contributed by atoms with van der Waals surface area (Å²) in [5, 5.41) is 0. The Bertz CT molecular complexity index is 897. The van der Waals surface area contributed by atoms with Crippen molar-refractivity contribution in [2.24, 2.45) is 5.92 Å². The summed E-state index contributed by atoms with van der Waals surface area (Å²) < 4.78 is 7.26. The largest absolute Gasteiger partial charge is 0.463 e. The molecule has 0 radical (unpaired) electrons. The first kappa shape index (κ1) is 22.1. The van der Waals surface area contributed by atoms with Gasteiger partial charge in [0.05, 0.1) is 6.61 Å². The van der Waals surface area contributed by atoms with E-state index in [-0.39, 0.29) is 17.5 Å². The van der Waals surface area contributed by atoms with Crippen molar-refractivity contribution in [2.45, 2.75) is 58.4 Å². The van der Waals surface area contributed by atoms with E-state index < -0.39 is 0 Å². The van der Waals surface area contributed by atoms with Crippen molar-refractivity contribution in [2.75, 3.05) is 51.6 Å². The lowest BCUT2D eigenvalue weighted by Crippen LogP contribution is -2.47. The van der Waals surface area contributed by atoms with Crippen LogP contribution < -0.4 is 16.2 Å². The van der Waals surface area contributed by atoms with Crippen molar-refractivity contribution in [3.63, 3.8) is 0 Å². The number of aryl methyl sites for hydroxylation is 1. The molecule has 31 heavy (non-hydrogen) atoms. The molecule has 0 aromatic carbocycles. The fraction of sp³-hybridized carbons (Fsp3) is 0.773. The molecule has 3 N–H and O–H groups in total. The minimum absolute atomic E-state index is 0.187. The van der Waals surface area contributed by atoms with E-state index in [4.69, 9.17) is 10.5 Å². The Morgan fingerprint density at radius 1 is 1.03 bits per heavy atom. The predicted octanol–water partition coefficient (Wildman–Crippen LogP) is 2.08. The van der Waals surface area contributed by atoms with Gasteiger partial charge in [-0.3, -0.25) is 4.57 Å². The van der Waals surface area contributed by atoms with Gasteiger partial charge in [-0.15, -0.1) is 0 Å². The van der Waals surface area contributed by atoms with Gasteiger partial charge in [-0.2, -0.15) is 9.97 Å². The minimum atomic E-state index is -0.187. The summed E-state index contributed by atoms with van der Waals surface area (Å²) in [5.74, 6) is 1.24. The highest BCUT2D eigenvalue weighted by molar-refractivity contribution is 5.81. The number of fused-ring (bicyclic) bond motifs is 1. The second-order valence-corrected chi connectivity index (χ2v) is 9.02. The average Bonchev–Trinajstić information content (AvgIpc) is 3.52. The molecule has 1 saturated heterocycles. The number of nitrogens with two attached hydrogens (primary N) is 1. The van der Waals surface area contributed by atoms with E-state index in [0.29, 0.717) is 24.3 Å². The van der Waals surface area contributed by atoms with Crippen LogP contribution in [0.3, 0.4) is 0 Å². The minimum Gasteiger partial charge on any atom is -0.463 e. The molecule has 2 aromatic rings. The number of H-pyrrole nitrogens is 1. The molecule has 0 bridgehead atoms. The van der Waals surface area contributed by atoms with Gasteiger partial charge in [-0.25, -0.2) is 4.79 Å². The van der Waals surface area contributed by atoms with Gasteiger partial charge in [0.25, 0.3) is 0 Å². The molecule has 9 nitrogen and oxygen atoms in total. The number of aromatic nitrogens is 4. The van der Waals surface area contributed by atoms with Gasteiger partial charge in [0.2, 0.25) is 0 Å². The molecule has 9 heteroatoms. The molecule has 1 saturated carbocycles. The number of hydrogen-bond donors (Lipinski definition) is 2. The Hall–Kier alpha value is -2.13. The average molecular weight is 432 g/mol. The maximum absolute atomic E-state index is 12.4. The Morgan fingerprint density at radius 2 is 1.77 bits per heavy atom. The highest BCUT2D eigenvalue weighted by Crippen LogP contribution is 2.29. The monoisotopic (exact) mass is 431 g/mol. The zero-order chi connectivity index (χ0) is 21.6. The van der Waals surface area contributed by atoms with Gasteiger partial charge >= 0.3 is 11.7 Å². The second-order valence-electron chi connectivity index (χ2n) is 9.02. The number of ether oxygens (including phenoxy) is 1. The molecular formula is C22H37N7O2. The fourth-order valence-electron chi connectivity index (χ4n) is 4.25. The van der Waals surface area contributed by atoms with Crippen LogP contribution in [0.2, 0.25) is 0 Å². The number of hydrogen-bond acceptors (Lipinski definition) is 7. The third-order valence-corrected chi connectivity index (χ3v) is 6.39. The molecule has 0 atom stereocenters. The van der Waals surface area contributed by atoms with Crippen molar-refractivity contribution in [3.8, 4) is 6.01 Å². The molecule has 1 aliphatic carbocycles.